The van der Waals surface area contributed by atoms with Gasteiger partial charge in [0, 0.05) is 25.7 Å². The number of aliphatic hydroxyl groups is 1. The monoisotopic (exact) mass is 242 g/mol. The molecular weight excluding hydrogens is 216 g/mol. The molecule has 4 heteroatoms. The standard InChI is InChI=1S/C13H26N2O2/c1-17-10-13(16)9-15-7-5-12(6-8-15)14-11-3-2-4-11/h11-14,16H,2-10H2,1H3. The second-order valence-electron chi connectivity index (χ2n) is 5.48. The van der Waals surface area contributed by atoms with E-state index >= 15 is 0 Å². The summed E-state index contributed by atoms with van der Waals surface area (Å²) in [5, 5.41) is 13.4. The summed E-state index contributed by atoms with van der Waals surface area (Å²) < 4.78 is 4.95. The molecule has 1 aliphatic carbocycles. The lowest BCUT2D eigenvalue weighted by atomic mass is 9.91. The van der Waals surface area contributed by atoms with Crippen LogP contribution in [0.3, 0.4) is 0 Å². The topological polar surface area (TPSA) is 44.7 Å². The molecule has 17 heavy (non-hydrogen) atoms. The average molecular weight is 242 g/mol. The molecule has 1 unspecified atom stereocenters. The minimum Gasteiger partial charge on any atom is -0.389 e. The molecule has 1 saturated heterocycles. The zero-order valence-corrected chi connectivity index (χ0v) is 10.9. The SMILES string of the molecule is COCC(O)CN1CCC(NC2CCC2)CC1. The Morgan fingerprint density at radius 1 is 1.24 bits per heavy atom. The third kappa shape index (κ3) is 4.21. The molecule has 4 nitrogen and oxygen atoms in total. The molecule has 1 saturated carbocycles. The molecular formula is C13H26N2O2. The molecule has 0 aromatic heterocycles. The summed E-state index contributed by atoms with van der Waals surface area (Å²) in [5.41, 5.74) is 0. The molecule has 0 amide bonds. The first-order valence-electron chi connectivity index (χ1n) is 6.93. The molecule has 2 rings (SSSR count). The smallest absolute Gasteiger partial charge is 0.0900 e. The second-order valence-corrected chi connectivity index (χ2v) is 5.48. The molecule has 2 fully saturated rings. The summed E-state index contributed by atoms with van der Waals surface area (Å²) in [7, 11) is 1.64. The van der Waals surface area contributed by atoms with Gasteiger partial charge in [0.15, 0.2) is 0 Å². The van der Waals surface area contributed by atoms with Gasteiger partial charge in [-0.05, 0) is 38.8 Å². The highest BCUT2D eigenvalue weighted by Crippen LogP contribution is 2.21. The van der Waals surface area contributed by atoms with E-state index < -0.39 is 0 Å². The van der Waals surface area contributed by atoms with Crippen molar-refractivity contribution < 1.29 is 9.84 Å². The van der Waals surface area contributed by atoms with Crippen LogP contribution in [0.15, 0.2) is 0 Å². The van der Waals surface area contributed by atoms with Crippen molar-refractivity contribution in [1.29, 1.82) is 0 Å². The van der Waals surface area contributed by atoms with Gasteiger partial charge in [-0.25, -0.2) is 0 Å². The average Bonchev–Trinajstić information content (AvgIpc) is 2.26. The Labute approximate surface area is 104 Å². The molecule has 1 heterocycles. The van der Waals surface area contributed by atoms with Gasteiger partial charge in [-0.2, -0.15) is 0 Å². The Balaban J connectivity index is 1.60. The predicted molar refractivity (Wildman–Crippen MR) is 68.1 cm³/mol. The molecule has 2 N–H and O–H groups in total. The Kier molecular flexibility index (Phi) is 5.22. The fourth-order valence-corrected chi connectivity index (χ4v) is 2.73. The molecule has 0 radical (unpaired) electrons. The Morgan fingerprint density at radius 3 is 2.41 bits per heavy atom. The van der Waals surface area contributed by atoms with Crippen LogP contribution in [0.5, 0.6) is 0 Å². The van der Waals surface area contributed by atoms with Crippen LogP contribution in [0.25, 0.3) is 0 Å². The van der Waals surface area contributed by atoms with Gasteiger partial charge in [0.1, 0.15) is 0 Å². The van der Waals surface area contributed by atoms with Crippen LogP contribution in [0.1, 0.15) is 32.1 Å². The van der Waals surface area contributed by atoms with Gasteiger partial charge in [-0.15, -0.1) is 0 Å². The minimum absolute atomic E-state index is 0.337. The molecule has 0 aromatic rings. The number of likely N-dealkylation sites (tertiary alicyclic amines) is 1. The molecule has 100 valence electrons. The number of aliphatic hydroxyl groups excluding tert-OH is 1. The largest absolute Gasteiger partial charge is 0.389 e. The lowest BCUT2D eigenvalue weighted by molar-refractivity contribution is 0.0303. The van der Waals surface area contributed by atoms with Gasteiger partial charge in [-0.1, -0.05) is 6.42 Å². The maximum atomic E-state index is 9.68. The molecule has 0 spiro atoms. The molecule has 2 aliphatic rings. The van der Waals surface area contributed by atoms with Crippen LogP contribution in [0.4, 0.5) is 0 Å². The molecule has 1 aliphatic heterocycles. The van der Waals surface area contributed by atoms with E-state index in [1.807, 2.05) is 0 Å². The summed E-state index contributed by atoms with van der Waals surface area (Å²) in [6.45, 7) is 3.40. The first-order chi connectivity index (χ1) is 8.28. The normalized spacial score (nSPS) is 25.8. The fourth-order valence-electron chi connectivity index (χ4n) is 2.73. The first-order valence-corrected chi connectivity index (χ1v) is 6.93. The highest BCUT2D eigenvalue weighted by Gasteiger charge is 2.25. The summed E-state index contributed by atoms with van der Waals surface area (Å²) in [6.07, 6.45) is 6.24. The Morgan fingerprint density at radius 2 is 1.88 bits per heavy atom. The van der Waals surface area contributed by atoms with Gasteiger partial charge in [-0.3, -0.25) is 0 Å². The van der Waals surface area contributed by atoms with Crippen LogP contribution < -0.4 is 5.32 Å². The van der Waals surface area contributed by atoms with Crippen molar-refractivity contribution in [2.24, 2.45) is 0 Å². The van der Waals surface area contributed by atoms with Crippen LogP contribution in [0, 0.1) is 0 Å². The van der Waals surface area contributed by atoms with Gasteiger partial charge in [0.2, 0.25) is 0 Å². The highest BCUT2D eigenvalue weighted by molar-refractivity contribution is 4.84. The number of nitrogens with zero attached hydrogens (tertiary/aromatic N) is 1. The van der Waals surface area contributed by atoms with E-state index in [1.54, 1.807) is 7.11 Å². The number of β-amino-alcohol motifs (C(OH)–C–C–N with tert-alkyl or cyclic N) is 1. The number of nitrogens with one attached hydrogen (secondary N) is 1. The lowest BCUT2D eigenvalue weighted by Crippen LogP contribution is -2.49. The summed E-state index contributed by atoms with van der Waals surface area (Å²) >= 11 is 0. The predicted octanol–water partition coefficient (Wildman–Crippen LogP) is 0.600. The number of methoxy groups -OCH3 is 1. The van der Waals surface area contributed by atoms with Crippen molar-refractivity contribution >= 4 is 0 Å². The quantitative estimate of drug-likeness (QED) is 0.716. The van der Waals surface area contributed by atoms with Crippen LogP contribution in [-0.2, 0) is 4.74 Å². The van der Waals surface area contributed by atoms with Crippen LogP contribution in [-0.4, -0.2) is 61.5 Å². The molecule has 1 atom stereocenters. The number of hydrogen-bond acceptors (Lipinski definition) is 4. The molecule has 0 bridgehead atoms. The zero-order chi connectivity index (χ0) is 12.1. The van der Waals surface area contributed by atoms with Gasteiger partial charge < -0.3 is 20.1 Å². The second kappa shape index (κ2) is 6.69. The van der Waals surface area contributed by atoms with Crippen molar-refractivity contribution in [2.45, 2.75) is 50.3 Å². The van der Waals surface area contributed by atoms with Gasteiger partial charge in [0.05, 0.1) is 12.7 Å². The maximum Gasteiger partial charge on any atom is 0.0900 e. The van der Waals surface area contributed by atoms with E-state index in [0.717, 1.165) is 25.7 Å². The van der Waals surface area contributed by atoms with Crippen molar-refractivity contribution in [1.82, 2.24) is 10.2 Å². The minimum atomic E-state index is -0.337. The first kappa shape index (κ1) is 13.3. The zero-order valence-electron chi connectivity index (χ0n) is 10.9. The number of ether oxygens (including phenoxy) is 1. The third-order valence-electron chi connectivity index (χ3n) is 3.99. The van der Waals surface area contributed by atoms with Crippen molar-refractivity contribution in [3.8, 4) is 0 Å². The van der Waals surface area contributed by atoms with Crippen LogP contribution >= 0.6 is 0 Å². The third-order valence-corrected chi connectivity index (χ3v) is 3.99. The maximum absolute atomic E-state index is 9.68. The van der Waals surface area contributed by atoms with E-state index in [-0.39, 0.29) is 6.10 Å². The Bertz CT molecular complexity index is 213. The molecule has 0 aromatic carbocycles. The fraction of sp³-hybridized carbons (Fsp3) is 1.00. The van der Waals surface area contributed by atoms with Gasteiger partial charge in [0.25, 0.3) is 0 Å². The number of hydrogen-bond donors (Lipinski definition) is 2. The Hall–Kier alpha value is -0.160. The van der Waals surface area contributed by atoms with Gasteiger partial charge >= 0.3 is 0 Å². The summed E-state index contributed by atoms with van der Waals surface area (Å²) in [5.74, 6) is 0. The highest BCUT2D eigenvalue weighted by atomic mass is 16.5. The van der Waals surface area contributed by atoms with Crippen molar-refractivity contribution in [3.63, 3.8) is 0 Å². The summed E-state index contributed by atoms with van der Waals surface area (Å²) in [6, 6.07) is 1.50. The van der Waals surface area contributed by atoms with Crippen molar-refractivity contribution in [3.05, 3.63) is 0 Å². The number of piperidine rings is 1. The van der Waals surface area contributed by atoms with E-state index in [1.165, 1.54) is 32.1 Å². The van der Waals surface area contributed by atoms with E-state index in [4.69, 9.17) is 4.74 Å². The van der Waals surface area contributed by atoms with Crippen molar-refractivity contribution in [2.75, 3.05) is 33.4 Å². The van der Waals surface area contributed by atoms with E-state index in [2.05, 4.69) is 10.2 Å². The van der Waals surface area contributed by atoms with Crippen LogP contribution in [0.2, 0.25) is 0 Å². The lowest BCUT2D eigenvalue weighted by Gasteiger charge is -2.37. The number of rotatable bonds is 6. The summed E-state index contributed by atoms with van der Waals surface area (Å²) in [4.78, 5) is 2.35. The van der Waals surface area contributed by atoms with E-state index in [9.17, 15) is 5.11 Å². The van der Waals surface area contributed by atoms with E-state index in [0.29, 0.717) is 12.6 Å².